The Bertz CT molecular complexity index is 1550. The summed E-state index contributed by atoms with van der Waals surface area (Å²) in [5.41, 5.74) is 4.77. The Morgan fingerprint density at radius 2 is 1.85 bits per heavy atom. The molecule has 1 aliphatic heterocycles. The molecule has 13 heteroatoms. The minimum Gasteiger partial charge on any atom is -0.494 e. The van der Waals surface area contributed by atoms with Gasteiger partial charge in [0.05, 0.1) is 13.7 Å². The number of hydrogen-bond donors (Lipinski definition) is 2. The van der Waals surface area contributed by atoms with Crippen molar-refractivity contribution >= 4 is 16.8 Å². The summed E-state index contributed by atoms with van der Waals surface area (Å²) in [4.78, 5) is 31.8. The molecule has 0 radical (unpaired) electrons. The van der Waals surface area contributed by atoms with E-state index in [0.29, 0.717) is 16.8 Å². The Hall–Kier alpha value is -4.10. The number of fused-ring (bicyclic) bond motifs is 1. The third-order valence-corrected chi connectivity index (χ3v) is 7.05. The maximum Gasteiger partial charge on any atom is 0.433 e. The van der Waals surface area contributed by atoms with Gasteiger partial charge in [-0.1, -0.05) is 6.92 Å². The number of likely N-dealkylation sites (tertiary alicyclic amines) is 1. The number of nitrogens with zero attached hydrogens (tertiary/aromatic N) is 5. The lowest BCUT2D eigenvalue weighted by molar-refractivity contribution is -0.140. The Kier molecular flexibility index (Phi) is 7.19. The van der Waals surface area contributed by atoms with Crippen LogP contribution in [0, 0.1) is 0 Å². The van der Waals surface area contributed by atoms with E-state index in [9.17, 15) is 23.1 Å². The molecule has 5 rings (SSSR count). The summed E-state index contributed by atoms with van der Waals surface area (Å²) in [5.74, 6) is 0.159. The number of alkyl halides is 3. The van der Waals surface area contributed by atoms with Crippen LogP contribution in [0.1, 0.15) is 53.1 Å². The van der Waals surface area contributed by atoms with Crippen LogP contribution in [0.4, 0.5) is 13.2 Å². The quantitative estimate of drug-likeness (QED) is 0.362. The predicted octanol–water partition coefficient (Wildman–Crippen LogP) is 3.85. The number of rotatable bonds is 6. The van der Waals surface area contributed by atoms with Crippen LogP contribution in [0.2, 0.25) is 0 Å². The molecule has 210 valence electrons. The molecule has 10 nitrogen and oxygen atoms in total. The maximum atomic E-state index is 13.5. The van der Waals surface area contributed by atoms with Gasteiger partial charge in [0.2, 0.25) is 5.89 Å². The summed E-state index contributed by atoms with van der Waals surface area (Å²) < 4.78 is 51.0. The number of aryl methyl sites for hydroxylation is 1. The molecule has 0 aliphatic carbocycles. The zero-order chi connectivity index (χ0) is 28.7. The van der Waals surface area contributed by atoms with Gasteiger partial charge in [-0.2, -0.15) is 13.2 Å². The van der Waals surface area contributed by atoms with E-state index in [4.69, 9.17) is 14.9 Å². The van der Waals surface area contributed by atoms with E-state index in [1.165, 1.54) is 19.2 Å². The standard InChI is InChI=1S/C27H27F3N6O4/c1-3-15-13-32-25(33-14-15)26(38)8-10-36(11-9-26)24(37)22-19(12-31)40-23(35-22)17-4-6-18(39-2)21-16(17)5-7-20(34-21)27(28,29)30/h4-7,13-14,38H,3,8-12,31H2,1-2H3. The van der Waals surface area contributed by atoms with E-state index in [1.54, 1.807) is 23.4 Å². The fourth-order valence-electron chi connectivity index (χ4n) is 4.70. The molecule has 4 heterocycles. The first-order valence-electron chi connectivity index (χ1n) is 12.7. The third-order valence-electron chi connectivity index (χ3n) is 7.05. The molecule has 1 aliphatic rings. The number of nitrogens with two attached hydrogens (primary N) is 1. The molecule has 0 bridgehead atoms. The Balaban J connectivity index is 1.43. The van der Waals surface area contributed by atoms with Crippen LogP contribution in [0.3, 0.4) is 0 Å². The Morgan fingerprint density at radius 3 is 2.45 bits per heavy atom. The zero-order valence-corrected chi connectivity index (χ0v) is 21.8. The van der Waals surface area contributed by atoms with Crippen molar-refractivity contribution in [3.63, 3.8) is 0 Å². The van der Waals surface area contributed by atoms with Gasteiger partial charge in [-0.3, -0.25) is 4.79 Å². The molecule has 0 saturated carbocycles. The maximum absolute atomic E-state index is 13.5. The SMILES string of the molecule is CCc1cnc(C2(O)CCN(C(=O)c3nc(-c4ccc(OC)c5nc(C(F)(F)F)ccc45)oc3CN)CC2)nc1. The van der Waals surface area contributed by atoms with Gasteiger partial charge in [-0.05, 0) is 36.2 Å². The van der Waals surface area contributed by atoms with E-state index in [-0.39, 0.29) is 61.1 Å². The van der Waals surface area contributed by atoms with Crippen LogP contribution in [0.15, 0.2) is 41.1 Å². The number of carbonyl (C=O) groups is 1. The number of ether oxygens (including phenoxy) is 1. The lowest BCUT2D eigenvalue weighted by atomic mass is 9.90. The highest BCUT2D eigenvalue weighted by Crippen LogP contribution is 2.37. The number of oxazole rings is 1. The van der Waals surface area contributed by atoms with Crippen LogP contribution in [0.5, 0.6) is 5.75 Å². The molecule has 3 aromatic heterocycles. The molecular weight excluding hydrogens is 529 g/mol. The van der Waals surface area contributed by atoms with Gasteiger partial charge in [-0.15, -0.1) is 0 Å². The highest BCUT2D eigenvalue weighted by Gasteiger charge is 2.39. The van der Waals surface area contributed by atoms with Crippen molar-refractivity contribution in [1.29, 1.82) is 0 Å². The molecular formula is C27H27F3N6O4. The average Bonchev–Trinajstić information content (AvgIpc) is 3.40. The monoisotopic (exact) mass is 556 g/mol. The average molecular weight is 557 g/mol. The minimum atomic E-state index is -4.64. The summed E-state index contributed by atoms with van der Waals surface area (Å²) in [5, 5.41) is 11.4. The van der Waals surface area contributed by atoms with Crippen molar-refractivity contribution < 1.29 is 32.2 Å². The van der Waals surface area contributed by atoms with Crippen molar-refractivity contribution in [2.45, 2.75) is 44.5 Å². The molecule has 1 fully saturated rings. The normalized spacial score (nSPS) is 15.4. The van der Waals surface area contributed by atoms with Crippen LogP contribution in [-0.4, -0.2) is 56.0 Å². The van der Waals surface area contributed by atoms with E-state index in [0.717, 1.165) is 18.1 Å². The second-order valence-electron chi connectivity index (χ2n) is 9.49. The summed E-state index contributed by atoms with van der Waals surface area (Å²) in [6.07, 6.45) is -0.0423. The number of piperidine rings is 1. The van der Waals surface area contributed by atoms with Crippen LogP contribution < -0.4 is 10.5 Å². The van der Waals surface area contributed by atoms with Crippen LogP contribution in [-0.2, 0) is 24.7 Å². The number of methoxy groups -OCH3 is 1. The molecule has 1 amide bonds. The van der Waals surface area contributed by atoms with Gasteiger partial charge < -0.3 is 24.9 Å². The van der Waals surface area contributed by atoms with Crippen molar-refractivity contribution in [2.75, 3.05) is 20.2 Å². The second kappa shape index (κ2) is 10.5. The molecule has 0 unspecified atom stereocenters. The summed E-state index contributed by atoms with van der Waals surface area (Å²) in [6, 6.07) is 5.15. The lowest BCUT2D eigenvalue weighted by Crippen LogP contribution is -2.46. The topological polar surface area (TPSA) is 140 Å². The molecule has 3 N–H and O–H groups in total. The number of hydrogen-bond acceptors (Lipinski definition) is 9. The van der Waals surface area contributed by atoms with Crippen LogP contribution >= 0.6 is 0 Å². The second-order valence-corrected chi connectivity index (χ2v) is 9.49. The number of benzene rings is 1. The number of aliphatic hydroxyl groups is 1. The molecule has 4 aromatic rings. The number of carbonyl (C=O) groups excluding carboxylic acids is 1. The van der Waals surface area contributed by atoms with E-state index < -0.39 is 23.4 Å². The lowest BCUT2D eigenvalue weighted by Gasteiger charge is -2.36. The van der Waals surface area contributed by atoms with Crippen molar-refractivity contribution in [3.8, 4) is 17.2 Å². The van der Waals surface area contributed by atoms with Crippen molar-refractivity contribution in [2.24, 2.45) is 5.73 Å². The van der Waals surface area contributed by atoms with Crippen molar-refractivity contribution in [3.05, 3.63) is 65.2 Å². The summed E-state index contributed by atoms with van der Waals surface area (Å²) in [6.45, 7) is 2.29. The van der Waals surface area contributed by atoms with Gasteiger partial charge in [0.15, 0.2) is 17.3 Å². The highest BCUT2D eigenvalue weighted by atomic mass is 19.4. The molecule has 1 saturated heterocycles. The van der Waals surface area contributed by atoms with Gasteiger partial charge in [0.1, 0.15) is 22.6 Å². The molecule has 0 spiro atoms. The van der Waals surface area contributed by atoms with Gasteiger partial charge in [0.25, 0.3) is 5.91 Å². The fraction of sp³-hybridized carbons (Fsp3) is 0.370. The molecule has 1 aromatic carbocycles. The summed E-state index contributed by atoms with van der Waals surface area (Å²) in [7, 11) is 1.33. The van der Waals surface area contributed by atoms with Gasteiger partial charge in [0, 0.05) is 49.3 Å². The number of halogens is 3. The first-order chi connectivity index (χ1) is 19.1. The van der Waals surface area contributed by atoms with E-state index >= 15 is 0 Å². The summed E-state index contributed by atoms with van der Waals surface area (Å²) >= 11 is 0. The van der Waals surface area contributed by atoms with Crippen molar-refractivity contribution in [1.82, 2.24) is 24.8 Å². The first-order valence-corrected chi connectivity index (χ1v) is 12.7. The van der Waals surface area contributed by atoms with Crippen LogP contribution in [0.25, 0.3) is 22.4 Å². The fourth-order valence-corrected chi connectivity index (χ4v) is 4.70. The minimum absolute atomic E-state index is 0.00433. The first kappa shape index (κ1) is 27.5. The van der Waals surface area contributed by atoms with E-state index in [1.807, 2.05) is 6.92 Å². The number of amides is 1. The Morgan fingerprint density at radius 1 is 1.15 bits per heavy atom. The van der Waals surface area contributed by atoms with E-state index in [2.05, 4.69) is 19.9 Å². The third kappa shape index (κ3) is 4.97. The highest BCUT2D eigenvalue weighted by molar-refractivity contribution is 5.98. The van der Waals surface area contributed by atoms with Gasteiger partial charge in [-0.25, -0.2) is 19.9 Å². The molecule has 40 heavy (non-hydrogen) atoms. The number of aromatic nitrogens is 4. The largest absolute Gasteiger partial charge is 0.494 e. The Labute approximate surface area is 227 Å². The number of pyridine rings is 1. The van der Waals surface area contributed by atoms with Gasteiger partial charge >= 0.3 is 6.18 Å². The predicted molar refractivity (Wildman–Crippen MR) is 137 cm³/mol. The molecule has 0 atom stereocenters. The zero-order valence-electron chi connectivity index (χ0n) is 21.8. The smallest absolute Gasteiger partial charge is 0.433 e.